The van der Waals surface area contributed by atoms with Crippen LogP contribution in [0.15, 0.2) is 76.8 Å². The summed E-state index contributed by atoms with van der Waals surface area (Å²) in [7, 11) is 3.09. The SMILES string of the molecule is COc1cccc(/C(O)=C2\C(=O)C(=O)N(c3nc4ccc(OC)cc4s3)C2c2ccc(Br)cc2)c1. The first-order chi connectivity index (χ1) is 16.9. The Morgan fingerprint density at radius 3 is 2.43 bits per heavy atom. The Morgan fingerprint density at radius 2 is 1.71 bits per heavy atom. The van der Waals surface area contributed by atoms with Gasteiger partial charge < -0.3 is 14.6 Å². The van der Waals surface area contributed by atoms with E-state index in [-0.39, 0.29) is 11.3 Å². The number of Topliss-reactive ketones (excluding diaryl/α,β-unsaturated/α-hetero) is 1. The number of carbonyl (C=O) groups excluding carboxylic acids is 2. The minimum atomic E-state index is -0.864. The molecule has 5 rings (SSSR count). The first-order valence-electron chi connectivity index (χ1n) is 10.6. The number of ether oxygens (including phenoxy) is 2. The molecule has 176 valence electrons. The van der Waals surface area contributed by atoms with Crippen molar-refractivity contribution in [3.63, 3.8) is 0 Å². The molecule has 0 saturated carbocycles. The molecule has 1 aliphatic heterocycles. The normalized spacial score (nSPS) is 17.2. The van der Waals surface area contributed by atoms with Crippen molar-refractivity contribution >= 4 is 60.1 Å². The first kappa shape index (κ1) is 23.1. The Hall–Kier alpha value is -3.69. The number of aromatic nitrogens is 1. The van der Waals surface area contributed by atoms with Crippen LogP contribution in [0.2, 0.25) is 0 Å². The second kappa shape index (κ2) is 9.16. The van der Waals surface area contributed by atoms with Crippen molar-refractivity contribution in [1.82, 2.24) is 4.98 Å². The number of aliphatic hydroxyl groups is 1. The molecule has 7 nitrogen and oxygen atoms in total. The average Bonchev–Trinajstić information content (AvgIpc) is 3.41. The van der Waals surface area contributed by atoms with Crippen LogP contribution in [-0.2, 0) is 9.59 Å². The van der Waals surface area contributed by atoms with Gasteiger partial charge in [0.25, 0.3) is 5.78 Å². The molecule has 1 unspecified atom stereocenters. The Bertz CT molecular complexity index is 1500. The van der Waals surface area contributed by atoms with Gasteiger partial charge >= 0.3 is 5.91 Å². The Kier molecular flexibility index (Phi) is 6.04. The Labute approximate surface area is 213 Å². The van der Waals surface area contributed by atoms with E-state index < -0.39 is 17.7 Å². The standard InChI is InChI=1S/C26H19BrN2O5S/c1-33-17-5-3-4-15(12-17)23(30)21-22(14-6-8-16(27)9-7-14)29(25(32)24(21)31)26-28-19-11-10-18(34-2)13-20(19)35-26/h3-13,22,30H,1-2H3/b23-21+. The number of benzene rings is 3. The molecule has 1 saturated heterocycles. The van der Waals surface area contributed by atoms with E-state index in [1.54, 1.807) is 43.5 Å². The molecular formula is C26H19BrN2O5S. The molecule has 0 bridgehead atoms. The lowest BCUT2D eigenvalue weighted by molar-refractivity contribution is -0.132. The third-order valence-corrected chi connectivity index (χ3v) is 7.31. The van der Waals surface area contributed by atoms with E-state index in [9.17, 15) is 14.7 Å². The predicted molar refractivity (Wildman–Crippen MR) is 138 cm³/mol. The van der Waals surface area contributed by atoms with Crippen LogP contribution >= 0.6 is 27.3 Å². The van der Waals surface area contributed by atoms with Gasteiger partial charge in [-0.05, 0) is 48.0 Å². The summed E-state index contributed by atoms with van der Waals surface area (Å²) in [5.41, 5.74) is 1.70. The maximum absolute atomic E-state index is 13.4. The molecule has 35 heavy (non-hydrogen) atoms. The molecule has 3 aromatic carbocycles. The molecule has 1 aromatic heterocycles. The third kappa shape index (κ3) is 4.06. The van der Waals surface area contributed by atoms with Gasteiger partial charge in [-0.25, -0.2) is 4.98 Å². The molecule has 1 N–H and O–H groups in total. The van der Waals surface area contributed by atoms with Crippen molar-refractivity contribution in [2.45, 2.75) is 6.04 Å². The number of hydrogen-bond acceptors (Lipinski definition) is 7. The second-order valence-corrected chi connectivity index (χ2v) is 9.71. The van der Waals surface area contributed by atoms with E-state index >= 15 is 0 Å². The predicted octanol–water partition coefficient (Wildman–Crippen LogP) is 5.70. The average molecular weight is 551 g/mol. The fourth-order valence-electron chi connectivity index (χ4n) is 4.04. The number of anilines is 1. The number of fused-ring (bicyclic) bond motifs is 1. The number of methoxy groups -OCH3 is 2. The minimum absolute atomic E-state index is 0.0117. The van der Waals surface area contributed by atoms with E-state index in [2.05, 4.69) is 20.9 Å². The number of halogens is 1. The minimum Gasteiger partial charge on any atom is -0.507 e. The molecule has 1 atom stereocenters. The number of amides is 1. The van der Waals surface area contributed by atoms with Crippen molar-refractivity contribution in [3.05, 3.63) is 87.9 Å². The number of aliphatic hydroxyl groups excluding tert-OH is 1. The van der Waals surface area contributed by atoms with Gasteiger partial charge in [-0.1, -0.05) is 51.5 Å². The maximum Gasteiger partial charge on any atom is 0.301 e. The maximum atomic E-state index is 13.4. The molecule has 0 spiro atoms. The lowest BCUT2D eigenvalue weighted by Gasteiger charge is -2.23. The van der Waals surface area contributed by atoms with Crippen molar-refractivity contribution in [3.8, 4) is 11.5 Å². The molecule has 0 aliphatic carbocycles. The number of nitrogens with zero attached hydrogens (tertiary/aromatic N) is 2. The van der Waals surface area contributed by atoms with Gasteiger partial charge in [0.2, 0.25) is 0 Å². The number of carbonyl (C=O) groups is 2. The highest BCUT2D eigenvalue weighted by molar-refractivity contribution is 9.10. The van der Waals surface area contributed by atoms with E-state index in [1.807, 2.05) is 30.3 Å². The topological polar surface area (TPSA) is 89.0 Å². The highest BCUT2D eigenvalue weighted by Gasteiger charge is 2.48. The van der Waals surface area contributed by atoms with Crippen molar-refractivity contribution < 1.29 is 24.2 Å². The van der Waals surface area contributed by atoms with Gasteiger partial charge in [-0.3, -0.25) is 14.5 Å². The van der Waals surface area contributed by atoms with Gasteiger partial charge in [0.15, 0.2) is 5.13 Å². The quantitative estimate of drug-likeness (QED) is 0.195. The summed E-state index contributed by atoms with van der Waals surface area (Å²) >= 11 is 4.70. The lowest BCUT2D eigenvalue weighted by atomic mass is 9.95. The van der Waals surface area contributed by atoms with Crippen molar-refractivity contribution in [2.24, 2.45) is 0 Å². The van der Waals surface area contributed by atoms with Crippen molar-refractivity contribution in [2.75, 3.05) is 19.1 Å². The van der Waals surface area contributed by atoms with Crippen LogP contribution in [0, 0.1) is 0 Å². The summed E-state index contributed by atoms with van der Waals surface area (Å²) in [6, 6.07) is 18.5. The number of rotatable bonds is 5. The van der Waals surface area contributed by atoms with Crippen molar-refractivity contribution in [1.29, 1.82) is 0 Å². The van der Waals surface area contributed by atoms with E-state index in [1.165, 1.54) is 23.3 Å². The van der Waals surface area contributed by atoms with E-state index in [0.29, 0.717) is 33.3 Å². The number of ketones is 1. The second-order valence-electron chi connectivity index (χ2n) is 7.78. The van der Waals surface area contributed by atoms with Gasteiger partial charge in [0, 0.05) is 10.0 Å². The summed E-state index contributed by atoms with van der Waals surface area (Å²) in [6.07, 6.45) is 0. The van der Waals surface area contributed by atoms with Gasteiger partial charge in [-0.2, -0.15) is 0 Å². The van der Waals surface area contributed by atoms with E-state index in [0.717, 1.165) is 9.17 Å². The Balaban J connectivity index is 1.71. The fraction of sp³-hybridized carbons (Fsp3) is 0.115. The van der Waals surface area contributed by atoms with Crippen LogP contribution in [0.1, 0.15) is 17.2 Å². The smallest absolute Gasteiger partial charge is 0.301 e. The molecule has 4 aromatic rings. The van der Waals surface area contributed by atoms with Crippen LogP contribution in [0.5, 0.6) is 11.5 Å². The van der Waals surface area contributed by atoms with Gasteiger partial charge in [0.05, 0.1) is 36.1 Å². The monoisotopic (exact) mass is 550 g/mol. The fourth-order valence-corrected chi connectivity index (χ4v) is 5.32. The summed E-state index contributed by atoms with van der Waals surface area (Å²) in [4.78, 5) is 32.7. The highest BCUT2D eigenvalue weighted by atomic mass is 79.9. The number of thiazole rings is 1. The third-order valence-electron chi connectivity index (χ3n) is 5.76. The zero-order valence-corrected chi connectivity index (χ0v) is 21.1. The summed E-state index contributed by atoms with van der Waals surface area (Å²) in [5, 5.41) is 11.6. The highest BCUT2D eigenvalue weighted by Crippen LogP contribution is 2.45. The van der Waals surface area contributed by atoms with Crippen LogP contribution in [-0.4, -0.2) is 36.0 Å². The van der Waals surface area contributed by atoms with Gasteiger partial charge in [-0.15, -0.1) is 0 Å². The molecule has 2 heterocycles. The van der Waals surface area contributed by atoms with Gasteiger partial charge in [0.1, 0.15) is 17.3 Å². The largest absolute Gasteiger partial charge is 0.507 e. The van der Waals surface area contributed by atoms with Crippen LogP contribution < -0.4 is 14.4 Å². The Morgan fingerprint density at radius 1 is 1.00 bits per heavy atom. The molecule has 1 aliphatic rings. The van der Waals surface area contributed by atoms with Crippen LogP contribution in [0.25, 0.3) is 16.0 Å². The molecule has 9 heteroatoms. The lowest BCUT2D eigenvalue weighted by Crippen LogP contribution is -2.29. The number of hydrogen-bond donors (Lipinski definition) is 1. The first-order valence-corrected chi connectivity index (χ1v) is 12.2. The zero-order chi connectivity index (χ0) is 24.7. The molecular weight excluding hydrogens is 532 g/mol. The van der Waals surface area contributed by atoms with E-state index in [4.69, 9.17) is 9.47 Å². The zero-order valence-electron chi connectivity index (χ0n) is 18.7. The molecule has 0 radical (unpaired) electrons. The molecule has 1 amide bonds. The summed E-state index contributed by atoms with van der Waals surface area (Å²) in [6.45, 7) is 0. The summed E-state index contributed by atoms with van der Waals surface area (Å²) < 4.78 is 12.2. The van der Waals surface area contributed by atoms with Crippen LogP contribution in [0.4, 0.5) is 5.13 Å². The van der Waals surface area contributed by atoms with Crippen LogP contribution in [0.3, 0.4) is 0 Å². The molecule has 1 fully saturated rings. The summed E-state index contributed by atoms with van der Waals surface area (Å²) in [5.74, 6) is -0.635.